The number of aliphatic hydroxyl groups excluding tert-OH is 1. The van der Waals surface area contributed by atoms with Crippen LogP contribution in [0.3, 0.4) is 0 Å². The van der Waals surface area contributed by atoms with E-state index in [9.17, 15) is 14.9 Å². The zero-order valence-electron chi connectivity index (χ0n) is 16.4. The number of carbonyl (C=O) groups excluding carboxylic acids is 1. The van der Waals surface area contributed by atoms with Crippen molar-refractivity contribution in [2.45, 2.75) is 48.2 Å². The third kappa shape index (κ3) is 4.14. The van der Waals surface area contributed by atoms with Crippen molar-refractivity contribution in [3.63, 3.8) is 0 Å². The van der Waals surface area contributed by atoms with Crippen molar-refractivity contribution in [1.82, 2.24) is 0 Å². The summed E-state index contributed by atoms with van der Waals surface area (Å²) in [6.45, 7) is 2.15. The average Bonchev–Trinajstić information content (AvgIpc) is 2.69. The minimum atomic E-state index is -0.441. The molecule has 1 saturated carbocycles. The summed E-state index contributed by atoms with van der Waals surface area (Å²) in [4.78, 5) is 26.1. The topological polar surface area (TPSA) is 102 Å². The maximum Gasteiger partial charge on any atom is 0.270 e. The van der Waals surface area contributed by atoms with E-state index in [1.54, 1.807) is 11.0 Å². The van der Waals surface area contributed by atoms with E-state index >= 15 is 0 Å². The predicted molar refractivity (Wildman–Crippen MR) is 112 cm³/mol. The van der Waals surface area contributed by atoms with Crippen molar-refractivity contribution in [2.75, 3.05) is 18.1 Å². The molecule has 4 rings (SSSR count). The molecule has 1 aliphatic carbocycles. The van der Waals surface area contributed by atoms with Crippen molar-refractivity contribution in [2.24, 2.45) is 0 Å². The van der Waals surface area contributed by atoms with Gasteiger partial charge in [-0.2, -0.15) is 0 Å². The molecule has 2 aromatic rings. The Balaban J connectivity index is 1.50. The summed E-state index contributed by atoms with van der Waals surface area (Å²) in [5.41, 5.74) is 1.36. The number of carbonyl (C=O) groups is 1. The lowest BCUT2D eigenvalue weighted by Gasteiger charge is -2.35. The van der Waals surface area contributed by atoms with Crippen molar-refractivity contribution in [1.29, 1.82) is 0 Å². The monoisotopic (exact) mass is 430 g/mol. The van der Waals surface area contributed by atoms with Gasteiger partial charge in [0.25, 0.3) is 5.69 Å². The van der Waals surface area contributed by atoms with Gasteiger partial charge in [0.2, 0.25) is 5.91 Å². The van der Waals surface area contributed by atoms with Crippen LogP contribution in [0.4, 0.5) is 17.1 Å². The summed E-state index contributed by atoms with van der Waals surface area (Å²) in [5, 5.41) is 20.0. The van der Waals surface area contributed by atoms with E-state index < -0.39 is 4.92 Å². The molecule has 1 fully saturated rings. The number of nitro benzene ring substituents is 1. The number of hydrogen-bond acceptors (Lipinski definition) is 7. The quantitative estimate of drug-likeness (QED) is 0.402. The molecule has 1 amide bonds. The van der Waals surface area contributed by atoms with Crippen LogP contribution < -0.4 is 9.64 Å². The highest BCUT2D eigenvalue weighted by Crippen LogP contribution is 2.50. The normalized spacial score (nSPS) is 19.5. The maximum atomic E-state index is 12.3. The standard InChI is InChI=1S/C21H22N2O6S/c1-13(25)22-18-5-3-14(23(26)27)9-20(18)30-21-12-15(4-6-19(21)22)29-17-10-16(11-17)28-8-2-7-24/h3-6,9,12,16-17,24H,2,7-8,10-11H2,1H3/t16-,17-. The number of nitro groups is 1. The summed E-state index contributed by atoms with van der Waals surface area (Å²) in [6.07, 6.45) is 2.45. The van der Waals surface area contributed by atoms with Crippen LogP contribution in [0.5, 0.6) is 5.75 Å². The van der Waals surface area contributed by atoms with E-state index in [2.05, 4.69) is 0 Å². The van der Waals surface area contributed by atoms with Gasteiger partial charge in [-0.3, -0.25) is 19.8 Å². The van der Waals surface area contributed by atoms with Gasteiger partial charge in [-0.15, -0.1) is 0 Å². The van der Waals surface area contributed by atoms with Crippen LogP contribution in [0, 0.1) is 10.1 Å². The largest absolute Gasteiger partial charge is 0.490 e. The number of aliphatic hydroxyl groups is 1. The molecule has 0 saturated heterocycles. The molecular weight excluding hydrogens is 408 g/mol. The van der Waals surface area contributed by atoms with Gasteiger partial charge < -0.3 is 14.6 Å². The molecule has 8 nitrogen and oxygen atoms in total. The Kier molecular flexibility index (Phi) is 5.94. The molecule has 0 spiro atoms. The Morgan fingerprint density at radius 3 is 2.57 bits per heavy atom. The highest BCUT2D eigenvalue weighted by Gasteiger charge is 2.32. The molecule has 2 aromatic carbocycles. The highest BCUT2D eigenvalue weighted by atomic mass is 32.2. The van der Waals surface area contributed by atoms with Crippen LogP contribution in [-0.2, 0) is 9.53 Å². The van der Waals surface area contributed by atoms with Crippen molar-refractivity contribution >= 4 is 34.7 Å². The van der Waals surface area contributed by atoms with Crippen LogP contribution in [0.15, 0.2) is 46.2 Å². The molecule has 0 aromatic heterocycles. The van der Waals surface area contributed by atoms with Crippen LogP contribution >= 0.6 is 11.8 Å². The second-order valence-corrected chi connectivity index (χ2v) is 8.36. The molecule has 0 radical (unpaired) electrons. The summed E-state index contributed by atoms with van der Waals surface area (Å²) in [5.74, 6) is 0.527. The van der Waals surface area contributed by atoms with E-state index in [1.165, 1.54) is 30.8 Å². The number of fused-ring (bicyclic) bond motifs is 2. The molecule has 9 heteroatoms. The number of rotatable bonds is 7. The number of hydrogen-bond donors (Lipinski definition) is 1. The van der Waals surface area contributed by atoms with Crippen molar-refractivity contribution in [3.05, 3.63) is 46.5 Å². The Bertz CT molecular complexity index is 976. The van der Waals surface area contributed by atoms with Gasteiger partial charge in [-0.1, -0.05) is 11.8 Å². The Morgan fingerprint density at radius 1 is 1.20 bits per heavy atom. The predicted octanol–water partition coefficient (Wildman–Crippen LogP) is 4.05. The molecule has 0 bridgehead atoms. The van der Waals surface area contributed by atoms with Crippen LogP contribution in [0.1, 0.15) is 26.2 Å². The molecule has 0 atom stereocenters. The maximum absolute atomic E-state index is 12.3. The van der Waals surface area contributed by atoms with Crippen LogP contribution in [0.25, 0.3) is 0 Å². The Morgan fingerprint density at radius 2 is 1.90 bits per heavy atom. The van der Waals surface area contributed by atoms with E-state index in [-0.39, 0.29) is 30.4 Å². The van der Waals surface area contributed by atoms with Gasteiger partial charge in [0, 0.05) is 54.9 Å². The van der Waals surface area contributed by atoms with Crippen molar-refractivity contribution in [3.8, 4) is 5.75 Å². The van der Waals surface area contributed by atoms with Gasteiger partial charge in [-0.25, -0.2) is 0 Å². The third-order valence-corrected chi connectivity index (χ3v) is 6.21. The lowest BCUT2D eigenvalue weighted by Crippen LogP contribution is -2.39. The van der Waals surface area contributed by atoms with Gasteiger partial charge in [-0.05, 0) is 30.7 Å². The molecule has 2 aliphatic rings. The molecule has 1 N–H and O–H groups in total. The van der Waals surface area contributed by atoms with Gasteiger partial charge in [0.05, 0.1) is 22.4 Å². The van der Waals surface area contributed by atoms with Crippen molar-refractivity contribution < 1.29 is 24.3 Å². The number of ether oxygens (including phenoxy) is 2. The molecule has 1 heterocycles. The summed E-state index contributed by atoms with van der Waals surface area (Å²) < 4.78 is 11.7. The van der Waals surface area contributed by atoms with E-state index in [1.807, 2.05) is 18.2 Å². The fraction of sp³-hybridized carbons (Fsp3) is 0.381. The van der Waals surface area contributed by atoms with E-state index in [0.29, 0.717) is 29.4 Å². The first-order chi connectivity index (χ1) is 14.5. The lowest BCUT2D eigenvalue weighted by molar-refractivity contribution is -0.385. The first-order valence-electron chi connectivity index (χ1n) is 9.76. The number of non-ortho nitro benzene ring substituents is 1. The number of benzene rings is 2. The van der Waals surface area contributed by atoms with Gasteiger partial charge in [0.1, 0.15) is 11.9 Å². The molecular formula is C21H22N2O6S. The number of nitrogens with zero attached hydrogens (tertiary/aromatic N) is 2. The summed E-state index contributed by atoms with van der Waals surface area (Å²) >= 11 is 1.39. The molecule has 1 aliphatic heterocycles. The summed E-state index contributed by atoms with van der Waals surface area (Å²) in [6, 6.07) is 10.1. The minimum Gasteiger partial charge on any atom is -0.490 e. The van der Waals surface area contributed by atoms with E-state index in [4.69, 9.17) is 14.6 Å². The average molecular weight is 430 g/mol. The Hall–Kier alpha value is -2.62. The SMILES string of the molecule is CC(=O)N1c2ccc(O[C@H]3C[C@H](OCCCO)C3)cc2Sc2cc([N+](=O)[O-])ccc21. The second kappa shape index (κ2) is 8.63. The fourth-order valence-corrected chi connectivity index (χ4v) is 4.68. The molecule has 0 unspecified atom stereocenters. The fourth-order valence-electron chi connectivity index (χ4n) is 3.56. The van der Waals surface area contributed by atoms with Gasteiger partial charge in [0.15, 0.2) is 0 Å². The number of anilines is 2. The first kappa shape index (κ1) is 20.6. The first-order valence-corrected chi connectivity index (χ1v) is 10.6. The smallest absolute Gasteiger partial charge is 0.270 e. The van der Waals surface area contributed by atoms with Gasteiger partial charge >= 0.3 is 0 Å². The second-order valence-electron chi connectivity index (χ2n) is 7.28. The number of amides is 1. The van der Waals surface area contributed by atoms with E-state index in [0.717, 1.165) is 23.4 Å². The lowest BCUT2D eigenvalue weighted by atomic mass is 9.92. The van der Waals surface area contributed by atoms with Crippen LogP contribution in [-0.4, -0.2) is 41.4 Å². The summed E-state index contributed by atoms with van der Waals surface area (Å²) in [7, 11) is 0. The minimum absolute atomic E-state index is 0.0117. The highest BCUT2D eigenvalue weighted by molar-refractivity contribution is 7.99. The molecule has 30 heavy (non-hydrogen) atoms. The third-order valence-electron chi connectivity index (χ3n) is 5.11. The zero-order chi connectivity index (χ0) is 21.3. The Labute approximate surface area is 177 Å². The zero-order valence-corrected chi connectivity index (χ0v) is 17.3. The van der Waals surface area contributed by atoms with Crippen LogP contribution in [0.2, 0.25) is 0 Å². The molecule has 158 valence electrons.